The lowest BCUT2D eigenvalue weighted by molar-refractivity contribution is -0.137. The first-order valence-electron chi connectivity index (χ1n) is 13.9. The van der Waals surface area contributed by atoms with Gasteiger partial charge in [0.15, 0.2) is 5.75 Å². The molecule has 0 bridgehead atoms. The number of hydrogen-bond acceptors (Lipinski definition) is 7. The van der Waals surface area contributed by atoms with E-state index in [0.717, 1.165) is 55.5 Å². The zero-order chi connectivity index (χ0) is 30.2. The molecule has 5 rings (SSSR count). The fraction of sp³-hybridized carbons (Fsp3) is 0.250. The SMILES string of the molecule is O=C(NCC(O)CN1CCN(c2ccccc2Oc2ccccc2)CC1)c1cccnc1Nc1cccc(C(F)(F)F)c1. The summed E-state index contributed by atoms with van der Waals surface area (Å²) in [7, 11) is 0. The largest absolute Gasteiger partial charge is 0.455 e. The molecule has 0 spiro atoms. The van der Waals surface area contributed by atoms with Gasteiger partial charge in [0.1, 0.15) is 11.6 Å². The first kappa shape index (κ1) is 29.9. The predicted octanol–water partition coefficient (Wildman–Crippen LogP) is 5.55. The van der Waals surface area contributed by atoms with Crippen molar-refractivity contribution in [2.45, 2.75) is 12.3 Å². The van der Waals surface area contributed by atoms with Gasteiger partial charge in [0, 0.05) is 51.2 Å². The first-order valence-corrected chi connectivity index (χ1v) is 13.9. The van der Waals surface area contributed by atoms with E-state index in [-0.39, 0.29) is 23.6 Å². The van der Waals surface area contributed by atoms with E-state index in [1.165, 1.54) is 24.4 Å². The van der Waals surface area contributed by atoms with E-state index < -0.39 is 23.8 Å². The summed E-state index contributed by atoms with van der Waals surface area (Å²) in [5.74, 6) is 1.16. The normalized spacial score (nSPS) is 14.7. The maximum absolute atomic E-state index is 13.1. The molecule has 224 valence electrons. The Morgan fingerprint density at radius 2 is 1.67 bits per heavy atom. The van der Waals surface area contributed by atoms with Gasteiger partial charge in [-0.3, -0.25) is 9.69 Å². The molecule has 3 N–H and O–H groups in total. The Morgan fingerprint density at radius 3 is 2.44 bits per heavy atom. The van der Waals surface area contributed by atoms with E-state index >= 15 is 0 Å². The van der Waals surface area contributed by atoms with E-state index in [0.29, 0.717) is 6.54 Å². The Kier molecular flexibility index (Phi) is 9.43. The van der Waals surface area contributed by atoms with Gasteiger partial charge in [-0.1, -0.05) is 36.4 Å². The Labute approximate surface area is 247 Å². The zero-order valence-corrected chi connectivity index (χ0v) is 23.3. The second kappa shape index (κ2) is 13.6. The van der Waals surface area contributed by atoms with Crippen molar-refractivity contribution in [3.05, 3.63) is 108 Å². The molecule has 1 fully saturated rings. The number of ether oxygens (including phenoxy) is 1. The van der Waals surface area contributed by atoms with Crippen molar-refractivity contribution in [3.63, 3.8) is 0 Å². The second-order valence-corrected chi connectivity index (χ2v) is 10.1. The number of aromatic nitrogens is 1. The summed E-state index contributed by atoms with van der Waals surface area (Å²) in [6.07, 6.45) is -3.87. The molecule has 3 aromatic carbocycles. The average molecular weight is 592 g/mol. The molecule has 1 saturated heterocycles. The zero-order valence-electron chi connectivity index (χ0n) is 23.3. The fourth-order valence-corrected chi connectivity index (χ4v) is 4.86. The maximum atomic E-state index is 13.1. The number of carbonyl (C=O) groups is 1. The Bertz CT molecular complexity index is 1510. The average Bonchev–Trinajstić information content (AvgIpc) is 3.01. The number of hydrogen-bond donors (Lipinski definition) is 3. The topological polar surface area (TPSA) is 90.0 Å². The van der Waals surface area contributed by atoms with E-state index in [1.807, 2.05) is 54.6 Å². The molecule has 0 saturated carbocycles. The quantitative estimate of drug-likeness (QED) is 0.223. The predicted molar refractivity (Wildman–Crippen MR) is 159 cm³/mol. The van der Waals surface area contributed by atoms with Crippen LogP contribution >= 0.6 is 0 Å². The minimum absolute atomic E-state index is 0.00465. The molecule has 1 aliphatic heterocycles. The van der Waals surface area contributed by atoms with Gasteiger partial charge in [0.05, 0.1) is 22.9 Å². The van der Waals surface area contributed by atoms with Gasteiger partial charge < -0.3 is 25.4 Å². The first-order chi connectivity index (χ1) is 20.8. The number of pyridine rings is 1. The van der Waals surface area contributed by atoms with Crippen LogP contribution in [0.1, 0.15) is 15.9 Å². The monoisotopic (exact) mass is 591 g/mol. The van der Waals surface area contributed by atoms with Crippen LogP contribution in [0.25, 0.3) is 0 Å². The number of aliphatic hydroxyl groups is 1. The van der Waals surface area contributed by atoms with Gasteiger partial charge >= 0.3 is 6.18 Å². The molecule has 1 aromatic heterocycles. The van der Waals surface area contributed by atoms with Crippen LogP contribution < -0.4 is 20.3 Å². The lowest BCUT2D eigenvalue weighted by Gasteiger charge is -2.37. The van der Waals surface area contributed by atoms with Crippen molar-refractivity contribution in [1.29, 1.82) is 0 Å². The number of β-amino-alcohol motifs (C(OH)–C–C–N with tert-alkyl or cyclic N) is 1. The Balaban J connectivity index is 1.12. The third-order valence-electron chi connectivity index (χ3n) is 7.02. The van der Waals surface area contributed by atoms with Gasteiger partial charge in [-0.05, 0) is 54.6 Å². The summed E-state index contributed by atoms with van der Waals surface area (Å²) < 4.78 is 45.4. The molecule has 11 heteroatoms. The number of rotatable bonds is 10. The van der Waals surface area contributed by atoms with Crippen LogP contribution in [0.4, 0.5) is 30.4 Å². The minimum Gasteiger partial charge on any atom is -0.455 e. The van der Waals surface area contributed by atoms with Gasteiger partial charge in [0.2, 0.25) is 0 Å². The number of aliphatic hydroxyl groups excluding tert-OH is 1. The highest BCUT2D eigenvalue weighted by molar-refractivity contribution is 5.99. The number of carbonyl (C=O) groups excluding carboxylic acids is 1. The van der Waals surface area contributed by atoms with E-state index in [4.69, 9.17) is 4.74 Å². The number of piperazine rings is 1. The lowest BCUT2D eigenvalue weighted by atomic mass is 10.1. The highest BCUT2D eigenvalue weighted by atomic mass is 19.4. The highest BCUT2D eigenvalue weighted by Crippen LogP contribution is 2.33. The molecule has 43 heavy (non-hydrogen) atoms. The number of para-hydroxylation sites is 3. The van der Waals surface area contributed by atoms with Crippen molar-refractivity contribution < 1.29 is 27.8 Å². The number of nitrogens with zero attached hydrogens (tertiary/aromatic N) is 3. The summed E-state index contributed by atoms with van der Waals surface area (Å²) in [4.78, 5) is 21.5. The minimum atomic E-state index is -4.49. The molecule has 1 atom stereocenters. The summed E-state index contributed by atoms with van der Waals surface area (Å²) in [5.41, 5.74) is 0.492. The standard InChI is InChI=1S/C32H32F3N5O3/c33-32(34,35)23-8-6-9-24(20-23)38-30-27(12-7-15-36-30)31(42)37-21-25(41)22-39-16-18-40(19-17-39)28-13-4-5-14-29(28)43-26-10-2-1-3-11-26/h1-15,20,25,41H,16-19,21-22H2,(H,36,38)(H,37,42). The highest BCUT2D eigenvalue weighted by Gasteiger charge is 2.30. The third kappa shape index (κ3) is 8.02. The molecule has 0 radical (unpaired) electrons. The third-order valence-corrected chi connectivity index (χ3v) is 7.02. The lowest BCUT2D eigenvalue weighted by Crippen LogP contribution is -2.50. The molecular weight excluding hydrogens is 559 g/mol. The molecule has 4 aromatic rings. The van der Waals surface area contributed by atoms with Crippen LogP contribution in [0.3, 0.4) is 0 Å². The van der Waals surface area contributed by atoms with Crippen LogP contribution in [0.5, 0.6) is 11.5 Å². The van der Waals surface area contributed by atoms with Crippen LogP contribution in [0.15, 0.2) is 97.2 Å². The Hall–Kier alpha value is -4.61. The van der Waals surface area contributed by atoms with Crippen LogP contribution in [0.2, 0.25) is 0 Å². The van der Waals surface area contributed by atoms with Crippen molar-refractivity contribution in [2.75, 3.05) is 49.5 Å². The van der Waals surface area contributed by atoms with Crippen molar-refractivity contribution in [2.24, 2.45) is 0 Å². The van der Waals surface area contributed by atoms with Crippen molar-refractivity contribution in [3.8, 4) is 11.5 Å². The van der Waals surface area contributed by atoms with Crippen LogP contribution in [-0.4, -0.2) is 66.3 Å². The molecule has 2 heterocycles. The second-order valence-electron chi connectivity index (χ2n) is 10.1. The van der Waals surface area contributed by atoms with Crippen molar-refractivity contribution in [1.82, 2.24) is 15.2 Å². The van der Waals surface area contributed by atoms with Crippen molar-refractivity contribution >= 4 is 23.1 Å². The molecule has 0 aliphatic carbocycles. The van der Waals surface area contributed by atoms with Gasteiger partial charge in [-0.15, -0.1) is 0 Å². The number of amides is 1. The molecule has 1 unspecified atom stereocenters. The molecule has 1 aliphatic rings. The summed E-state index contributed by atoms with van der Waals surface area (Å²) in [5, 5.41) is 16.2. The summed E-state index contributed by atoms with van der Waals surface area (Å²) in [6, 6.07) is 25.3. The van der Waals surface area contributed by atoms with E-state index in [1.54, 1.807) is 6.07 Å². The van der Waals surface area contributed by atoms with Gasteiger partial charge in [-0.2, -0.15) is 13.2 Å². The number of halogens is 3. The number of benzene rings is 3. The Morgan fingerprint density at radius 1 is 0.930 bits per heavy atom. The maximum Gasteiger partial charge on any atom is 0.416 e. The smallest absolute Gasteiger partial charge is 0.416 e. The van der Waals surface area contributed by atoms with Crippen LogP contribution in [0, 0.1) is 0 Å². The fourth-order valence-electron chi connectivity index (χ4n) is 4.86. The number of nitrogens with one attached hydrogen (secondary N) is 2. The number of anilines is 3. The number of alkyl halides is 3. The van der Waals surface area contributed by atoms with Gasteiger partial charge in [0.25, 0.3) is 5.91 Å². The van der Waals surface area contributed by atoms with Crippen LogP contribution in [-0.2, 0) is 6.18 Å². The van der Waals surface area contributed by atoms with Gasteiger partial charge in [-0.25, -0.2) is 4.98 Å². The summed E-state index contributed by atoms with van der Waals surface area (Å²) in [6.45, 7) is 3.31. The molecule has 1 amide bonds. The summed E-state index contributed by atoms with van der Waals surface area (Å²) >= 11 is 0. The molecule has 8 nitrogen and oxygen atoms in total. The van der Waals surface area contributed by atoms with E-state index in [9.17, 15) is 23.1 Å². The molecular formula is C32H32F3N5O3. The van der Waals surface area contributed by atoms with E-state index in [2.05, 4.69) is 25.4 Å².